The number of aromatic hydroxyl groups is 1. The number of hydrogen-bond acceptors (Lipinski definition) is 5. The van der Waals surface area contributed by atoms with Gasteiger partial charge in [-0.1, -0.05) is 25.5 Å². The molecule has 0 radical (unpaired) electrons. The molecular formula is C27H36N2O4. The third-order valence-electron chi connectivity index (χ3n) is 9.29. The van der Waals surface area contributed by atoms with Crippen LogP contribution in [-0.4, -0.2) is 69.8 Å². The lowest BCUT2D eigenvalue weighted by Crippen LogP contribution is -2.78. The van der Waals surface area contributed by atoms with Gasteiger partial charge in [0.2, 0.25) is 5.91 Å². The summed E-state index contributed by atoms with van der Waals surface area (Å²) in [7, 11) is 1.86. The zero-order valence-corrected chi connectivity index (χ0v) is 19.8. The van der Waals surface area contributed by atoms with Crippen LogP contribution in [0.25, 0.3) is 0 Å². The van der Waals surface area contributed by atoms with E-state index in [-0.39, 0.29) is 29.8 Å². The summed E-state index contributed by atoms with van der Waals surface area (Å²) in [6.07, 6.45) is 10.7. The van der Waals surface area contributed by atoms with Crippen LogP contribution < -0.4 is 4.74 Å². The van der Waals surface area contributed by atoms with Gasteiger partial charge in [0.05, 0.1) is 17.1 Å². The number of amides is 1. The molecule has 6 heteroatoms. The molecule has 0 unspecified atom stereocenters. The minimum atomic E-state index is -0.907. The predicted molar refractivity (Wildman–Crippen MR) is 125 cm³/mol. The van der Waals surface area contributed by atoms with Crippen LogP contribution >= 0.6 is 0 Å². The lowest BCUT2D eigenvalue weighted by molar-refractivity contribution is -0.200. The fourth-order valence-corrected chi connectivity index (χ4v) is 7.48. The monoisotopic (exact) mass is 452 g/mol. The Hall–Kier alpha value is -2.05. The summed E-state index contributed by atoms with van der Waals surface area (Å²) in [6, 6.07) is 3.69. The molecule has 5 atom stereocenters. The number of hydrogen-bond donors (Lipinski definition) is 2. The molecule has 6 nitrogen and oxygen atoms in total. The predicted octanol–water partition coefficient (Wildman–Crippen LogP) is 3.14. The maximum Gasteiger partial charge on any atom is 0.246 e. The van der Waals surface area contributed by atoms with Gasteiger partial charge in [0.1, 0.15) is 6.10 Å². The number of likely N-dealkylation sites (N-methyl/N-ethyl adjacent to an activating group) is 1. The molecule has 178 valence electrons. The van der Waals surface area contributed by atoms with Crippen molar-refractivity contribution in [1.82, 2.24) is 9.80 Å². The number of nitrogens with zero attached hydrogens (tertiary/aromatic N) is 2. The van der Waals surface area contributed by atoms with Crippen LogP contribution in [0.2, 0.25) is 0 Å². The van der Waals surface area contributed by atoms with Crippen LogP contribution in [0.3, 0.4) is 0 Å². The maximum atomic E-state index is 13.0. The summed E-state index contributed by atoms with van der Waals surface area (Å²) in [5.41, 5.74) is 0.724. The van der Waals surface area contributed by atoms with Gasteiger partial charge < -0.3 is 19.8 Å². The molecule has 1 aromatic rings. The van der Waals surface area contributed by atoms with E-state index in [1.807, 2.05) is 24.1 Å². The minimum Gasteiger partial charge on any atom is -0.504 e. The Morgan fingerprint density at radius 3 is 2.88 bits per heavy atom. The first-order valence-electron chi connectivity index (χ1n) is 12.8. The SMILES string of the molecule is CCC/C=C/C(=O)N(C)[C@@H]1CC[C@@]2(O)[C@@H]3Cc4ccc(O)c5c4[C@@]2(CCN3CC2CC2)[C@H]1O5. The Morgan fingerprint density at radius 2 is 2.12 bits per heavy atom. The molecule has 2 bridgehead atoms. The van der Waals surface area contributed by atoms with Gasteiger partial charge in [-0.25, -0.2) is 0 Å². The van der Waals surface area contributed by atoms with Crippen molar-refractivity contribution < 1.29 is 19.7 Å². The first-order valence-corrected chi connectivity index (χ1v) is 12.8. The standard InChI is InChI=1S/C27H36N2O4/c1-3-4-5-6-22(31)28(2)19-11-12-27(32)21-15-18-9-10-20(30)24-23(18)26(27,25(19)33-24)13-14-29(21)16-17-7-8-17/h5-6,9-10,17,19,21,25,30,32H,3-4,7-8,11-16H2,1-2H3/b6-5+/t19-,21+,25+,26+,27-/m1/s1. The summed E-state index contributed by atoms with van der Waals surface area (Å²) < 4.78 is 6.57. The summed E-state index contributed by atoms with van der Waals surface area (Å²) in [6.45, 7) is 4.10. The zero-order chi connectivity index (χ0) is 23.0. The summed E-state index contributed by atoms with van der Waals surface area (Å²) in [5.74, 6) is 1.44. The Kier molecular flexibility index (Phi) is 4.87. The first kappa shape index (κ1) is 21.5. The molecule has 3 fully saturated rings. The van der Waals surface area contributed by atoms with Gasteiger partial charge in [0.25, 0.3) is 0 Å². The van der Waals surface area contributed by atoms with Gasteiger partial charge in [-0.15, -0.1) is 0 Å². The van der Waals surface area contributed by atoms with Gasteiger partial charge in [0, 0.05) is 25.2 Å². The van der Waals surface area contributed by atoms with Crippen molar-refractivity contribution in [3.05, 3.63) is 35.4 Å². The maximum absolute atomic E-state index is 13.0. The molecule has 5 aliphatic rings. The molecule has 2 aliphatic heterocycles. The summed E-state index contributed by atoms with van der Waals surface area (Å²) >= 11 is 0. The van der Waals surface area contributed by atoms with E-state index < -0.39 is 11.0 Å². The highest BCUT2D eigenvalue weighted by atomic mass is 16.5. The molecule has 2 saturated carbocycles. The van der Waals surface area contributed by atoms with E-state index in [0.29, 0.717) is 18.6 Å². The van der Waals surface area contributed by atoms with Crippen molar-refractivity contribution in [1.29, 1.82) is 0 Å². The highest BCUT2D eigenvalue weighted by molar-refractivity contribution is 5.87. The second-order valence-electron chi connectivity index (χ2n) is 11.0. The Balaban J connectivity index is 1.42. The smallest absolute Gasteiger partial charge is 0.246 e. The van der Waals surface area contributed by atoms with Gasteiger partial charge in [0.15, 0.2) is 11.5 Å². The highest BCUT2D eigenvalue weighted by Crippen LogP contribution is 2.66. The average molecular weight is 453 g/mol. The number of phenolic OH excluding ortho intramolecular Hbond substituents is 1. The van der Waals surface area contributed by atoms with Crippen LogP contribution in [0.4, 0.5) is 0 Å². The molecule has 3 aliphatic carbocycles. The second kappa shape index (κ2) is 7.47. The molecule has 1 aromatic carbocycles. The molecule has 1 saturated heterocycles. The molecule has 0 aromatic heterocycles. The Morgan fingerprint density at radius 1 is 1.30 bits per heavy atom. The lowest BCUT2D eigenvalue weighted by atomic mass is 9.48. The van der Waals surface area contributed by atoms with Crippen LogP contribution in [0.15, 0.2) is 24.3 Å². The topological polar surface area (TPSA) is 73.2 Å². The van der Waals surface area contributed by atoms with Gasteiger partial charge >= 0.3 is 0 Å². The number of benzene rings is 1. The number of aliphatic hydroxyl groups is 1. The third-order valence-corrected chi connectivity index (χ3v) is 9.29. The van der Waals surface area contributed by atoms with Gasteiger partial charge in [-0.05, 0) is 75.1 Å². The quantitative estimate of drug-likeness (QED) is 0.649. The van der Waals surface area contributed by atoms with E-state index in [2.05, 4.69) is 11.8 Å². The van der Waals surface area contributed by atoms with Crippen molar-refractivity contribution in [3.8, 4) is 11.5 Å². The molecule has 33 heavy (non-hydrogen) atoms. The second-order valence-corrected chi connectivity index (χ2v) is 11.0. The third kappa shape index (κ3) is 2.89. The summed E-state index contributed by atoms with van der Waals surface area (Å²) in [5, 5.41) is 23.2. The van der Waals surface area contributed by atoms with Gasteiger partial charge in [-0.3, -0.25) is 9.69 Å². The number of unbranched alkanes of at least 4 members (excludes halogenated alkanes) is 1. The molecule has 2 heterocycles. The number of carbonyl (C=O) groups is 1. The molecular weight excluding hydrogens is 416 g/mol. The van der Waals surface area contributed by atoms with Crippen molar-refractivity contribution in [2.75, 3.05) is 20.1 Å². The van der Waals surface area contributed by atoms with E-state index >= 15 is 0 Å². The lowest BCUT2D eigenvalue weighted by Gasteiger charge is -2.64. The zero-order valence-electron chi connectivity index (χ0n) is 19.8. The number of carbonyl (C=O) groups excluding carboxylic acids is 1. The Labute approximate surface area is 196 Å². The first-order chi connectivity index (χ1) is 15.9. The molecule has 2 N–H and O–H groups in total. The van der Waals surface area contributed by atoms with Crippen LogP contribution in [0.1, 0.15) is 63.0 Å². The highest BCUT2D eigenvalue weighted by Gasteiger charge is 2.73. The van der Waals surface area contributed by atoms with Crippen LogP contribution in [0.5, 0.6) is 11.5 Å². The molecule has 1 amide bonds. The van der Waals surface area contributed by atoms with E-state index in [4.69, 9.17) is 4.74 Å². The fraction of sp³-hybridized carbons (Fsp3) is 0.667. The number of phenols is 1. The van der Waals surface area contributed by atoms with E-state index in [1.54, 1.807) is 12.1 Å². The van der Waals surface area contributed by atoms with E-state index in [1.165, 1.54) is 18.4 Å². The number of likely N-dealkylation sites (tertiary alicyclic amines) is 1. The Bertz CT molecular complexity index is 1000. The van der Waals surface area contributed by atoms with Crippen molar-refractivity contribution in [3.63, 3.8) is 0 Å². The van der Waals surface area contributed by atoms with Crippen molar-refractivity contribution in [2.45, 2.75) is 87.5 Å². The largest absolute Gasteiger partial charge is 0.504 e. The molecule has 1 spiro atoms. The number of piperidine rings is 1. The van der Waals surface area contributed by atoms with Crippen molar-refractivity contribution >= 4 is 5.91 Å². The minimum absolute atomic E-state index is 0.0159. The van der Waals surface area contributed by atoms with Crippen LogP contribution in [0, 0.1) is 5.92 Å². The normalized spacial score (nSPS) is 36.5. The van der Waals surface area contributed by atoms with E-state index in [9.17, 15) is 15.0 Å². The average Bonchev–Trinajstić information content (AvgIpc) is 3.54. The molecule has 6 rings (SSSR count). The van der Waals surface area contributed by atoms with Gasteiger partial charge in [-0.2, -0.15) is 0 Å². The number of ether oxygens (including phenoxy) is 1. The van der Waals surface area contributed by atoms with Crippen LogP contribution in [-0.2, 0) is 16.6 Å². The van der Waals surface area contributed by atoms with Crippen molar-refractivity contribution in [2.24, 2.45) is 5.92 Å². The van der Waals surface area contributed by atoms with E-state index in [0.717, 1.165) is 50.3 Å². The fourth-order valence-electron chi connectivity index (χ4n) is 7.48. The summed E-state index contributed by atoms with van der Waals surface area (Å²) in [4.78, 5) is 17.4. The number of rotatable bonds is 6. The number of allylic oxidation sites excluding steroid dienone is 1.